The molecule has 0 aliphatic heterocycles. The molecular formula is C19H19BrN2OS. The summed E-state index contributed by atoms with van der Waals surface area (Å²) in [5.74, 6) is 1.35. The first-order chi connectivity index (χ1) is 11.4. The first-order valence-corrected chi connectivity index (χ1v) is 9.51. The summed E-state index contributed by atoms with van der Waals surface area (Å²) >= 11 is 5.01. The van der Waals surface area contributed by atoms with Crippen LogP contribution < -0.4 is 0 Å². The predicted molar refractivity (Wildman–Crippen MR) is 102 cm³/mol. The number of aromatic nitrogens is 2. The zero-order valence-electron chi connectivity index (χ0n) is 13.9. The fraction of sp³-hybridized carbons (Fsp3) is 0.263. The lowest BCUT2D eigenvalue weighted by Gasteiger charge is -2.19. The molecule has 1 aromatic heterocycles. The third-order valence-electron chi connectivity index (χ3n) is 3.66. The van der Waals surface area contributed by atoms with E-state index in [1.807, 2.05) is 24.3 Å². The molecule has 0 saturated carbocycles. The van der Waals surface area contributed by atoms with Crippen molar-refractivity contribution < 1.29 is 4.42 Å². The van der Waals surface area contributed by atoms with Gasteiger partial charge in [0.05, 0.1) is 0 Å². The van der Waals surface area contributed by atoms with Crippen LogP contribution >= 0.6 is 27.7 Å². The molecule has 2 aromatic carbocycles. The van der Waals surface area contributed by atoms with E-state index in [0.29, 0.717) is 11.1 Å². The van der Waals surface area contributed by atoms with E-state index in [0.717, 1.165) is 15.8 Å². The quantitative estimate of drug-likeness (QED) is 0.494. The second-order valence-corrected chi connectivity index (χ2v) is 8.46. The van der Waals surface area contributed by atoms with Gasteiger partial charge in [0.1, 0.15) is 0 Å². The Hall–Kier alpha value is -1.59. The third kappa shape index (κ3) is 4.28. The molecule has 0 aliphatic carbocycles. The van der Waals surface area contributed by atoms with Crippen LogP contribution in [0.4, 0.5) is 0 Å². The summed E-state index contributed by atoms with van der Waals surface area (Å²) in [6.45, 7) is 6.66. The Bertz CT molecular complexity index is 822. The van der Waals surface area contributed by atoms with Gasteiger partial charge in [-0.2, -0.15) is 0 Å². The highest BCUT2D eigenvalue weighted by Gasteiger charge is 2.13. The molecule has 124 valence electrons. The minimum Gasteiger partial charge on any atom is -0.411 e. The van der Waals surface area contributed by atoms with Gasteiger partial charge in [-0.15, -0.1) is 10.2 Å². The van der Waals surface area contributed by atoms with Crippen LogP contribution in [0.15, 0.2) is 62.6 Å². The highest BCUT2D eigenvalue weighted by molar-refractivity contribution is 9.10. The molecule has 1 heterocycles. The number of hydrogen-bond acceptors (Lipinski definition) is 4. The fourth-order valence-electron chi connectivity index (χ4n) is 2.25. The zero-order chi connectivity index (χ0) is 17.2. The van der Waals surface area contributed by atoms with Crippen LogP contribution in [-0.4, -0.2) is 10.2 Å². The van der Waals surface area contributed by atoms with Crippen LogP contribution in [0.2, 0.25) is 0 Å². The minimum atomic E-state index is 0.178. The highest BCUT2D eigenvalue weighted by Crippen LogP contribution is 2.28. The average Bonchev–Trinajstić information content (AvgIpc) is 3.01. The van der Waals surface area contributed by atoms with E-state index >= 15 is 0 Å². The third-order valence-corrected chi connectivity index (χ3v) is 5.04. The summed E-state index contributed by atoms with van der Waals surface area (Å²) in [6, 6.07) is 16.6. The van der Waals surface area contributed by atoms with E-state index in [1.165, 1.54) is 11.1 Å². The van der Waals surface area contributed by atoms with Crippen molar-refractivity contribution in [3.63, 3.8) is 0 Å². The number of nitrogens with zero attached hydrogens (tertiary/aromatic N) is 2. The number of hydrogen-bond donors (Lipinski definition) is 0. The Kier molecular flexibility index (Phi) is 5.11. The maximum Gasteiger partial charge on any atom is 0.277 e. The van der Waals surface area contributed by atoms with Gasteiger partial charge in [0.2, 0.25) is 5.89 Å². The summed E-state index contributed by atoms with van der Waals surface area (Å²) in [5.41, 5.74) is 3.68. The first-order valence-electron chi connectivity index (χ1n) is 7.73. The smallest absolute Gasteiger partial charge is 0.277 e. The fourth-order valence-corrected chi connectivity index (χ4v) is 3.37. The lowest BCUT2D eigenvalue weighted by molar-refractivity contribution is 0.466. The van der Waals surface area contributed by atoms with Crippen molar-refractivity contribution in [2.24, 2.45) is 0 Å². The summed E-state index contributed by atoms with van der Waals surface area (Å²) < 4.78 is 6.74. The van der Waals surface area contributed by atoms with Crippen LogP contribution in [0.25, 0.3) is 11.5 Å². The Morgan fingerprint density at radius 1 is 1.04 bits per heavy atom. The molecule has 0 saturated heterocycles. The van der Waals surface area contributed by atoms with Gasteiger partial charge in [0.15, 0.2) is 0 Å². The molecule has 5 heteroatoms. The van der Waals surface area contributed by atoms with Crippen molar-refractivity contribution in [3.8, 4) is 11.5 Å². The maximum atomic E-state index is 5.74. The number of halogens is 1. The van der Waals surface area contributed by atoms with Gasteiger partial charge < -0.3 is 4.42 Å². The van der Waals surface area contributed by atoms with Crippen molar-refractivity contribution in [2.45, 2.75) is 37.2 Å². The van der Waals surface area contributed by atoms with Gasteiger partial charge in [-0.05, 0) is 34.7 Å². The molecule has 0 N–H and O–H groups in total. The van der Waals surface area contributed by atoms with Crippen molar-refractivity contribution in [3.05, 3.63) is 64.1 Å². The van der Waals surface area contributed by atoms with Crippen LogP contribution in [-0.2, 0) is 11.2 Å². The molecule has 24 heavy (non-hydrogen) atoms. The largest absolute Gasteiger partial charge is 0.411 e. The monoisotopic (exact) mass is 402 g/mol. The first kappa shape index (κ1) is 17.2. The molecule has 0 spiro atoms. The average molecular weight is 403 g/mol. The molecular weight excluding hydrogens is 384 g/mol. The van der Waals surface area contributed by atoms with Crippen LogP contribution in [0.5, 0.6) is 0 Å². The van der Waals surface area contributed by atoms with Gasteiger partial charge in [-0.25, -0.2) is 0 Å². The lowest BCUT2D eigenvalue weighted by atomic mass is 9.87. The Morgan fingerprint density at radius 3 is 2.46 bits per heavy atom. The zero-order valence-corrected chi connectivity index (χ0v) is 16.3. The lowest BCUT2D eigenvalue weighted by Crippen LogP contribution is -2.10. The van der Waals surface area contributed by atoms with E-state index in [1.54, 1.807) is 11.8 Å². The van der Waals surface area contributed by atoms with E-state index in [4.69, 9.17) is 4.42 Å². The molecule has 0 bridgehead atoms. The normalized spacial score (nSPS) is 11.7. The molecule has 0 atom stereocenters. The Morgan fingerprint density at radius 2 is 1.79 bits per heavy atom. The number of rotatable bonds is 4. The minimum absolute atomic E-state index is 0.178. The molecule has 3 aromatic rings. The molecule has 0 amide bonds. The van der Waals surface area contributed by atoms with Crippen LogP contribution in [0.3, 0.4) is 0 Å². The number of benzene rings is 2. The molecule has 3 rings (SSSR count). The standard InChI is InChI=1S/C19H19BrN2OS/c1-19(2,3)15-9-7-13(8-10-15)12-24-18-22-21-17(23-18)14-5-4-6-16(20)11-14/h4-11H,12H2,1-3H3. The van der Waals surface area contributed by atoms with Gasteiger partial charge in [-0.1, -0.05) is 78.8 Å². The van der Waals surface area contributed by atoms with Crippen molar-refractivity contribution in [1.82, 2.24) is 10.2 Å². The number of thioether (sulfide) groups is 1. The summed E-state index contributed by atoms with van der Waals surface area (Å²) in [6.07, 6.45) is 0. The van der Waals surface area contributed by atoms with E-state index in [2.05, 4.69) is 71.2 Å². The van der Waals surface area contributed by atoms with Crippen molar-refractivity contribution >= 4 is 27.7 Å². The second-order valence-electron chi connectivity index (χ2n) is 6.62. The SMILES string of the molecule is CC(C)(C)c1ccc(CSc2nnc(-c3cccc(Br)c3)o2)cc1. The van der Waals surface area contributed by atoms with Gasteiger partial charge in [-0.3, -0.25) is 0 Å². The van der Waals surface area contributed by atoms with E-state index in [-0.39, 0.29) is 5.41 Å². The van der Waals surface area contributed by atoms with Crippen LogP contribution in [0, 0.1) is 0 Å². The Balaban J connectivity index is 1.65. The van der Waals surface area contributed by atoms with E-state index in [9.17, 15) is 0 Å². The molecule has 0 aliphatic rings. The molecule has 3 nitrogen and oxygen atoms in total. The topological polar surface area (TPSA) is 38.9 Å². The van der Waals surface area contributed by atoms with Crippen LogP contribution in [0.1, 0.15) is 31.9 Å². The second kappa shape index (κ2) is 7.11. The summed E-state index contributed by atoms with van der Waals surface area (Å²) in [4.78, 5) is 0. The molecule has 0 radical (unpaired) electrons. The van der Waals surface area contributed by atoms with E-state index < -0.39 is 0 Å². The van der Waals surface area contributed by atoms with Gasteiger partial charge in [0, 0.05) is 15.8 Å². The highest BCUT2D eigenvalue weighted by atomic mass is 79.9. The van der Waals surface area contributed by atoms with Crippen molar-refractivity contribution in [2.75, 3.05) is 0 Å². The Labute approximate surface area is 155 Å². The molecule has 0 fully saturated rings. The maximum absolute atomic E-state index is 5.74. The van der Waals surface area contributed by atoms with Crippen molar-refractivity contribution in [1.29, 1.82) is 0 Å². The predicted octanol–water partition coefficient (Wildman–Crippen LogP) is 6.09. The summed E-state index contributed by atoms with van der Waals surface area (Å²) in [5, 5.41) is 8.84. The van der Waals surface area contributed by atoms with Gasteiger partial charge >= 0.3 is 0 Å². The van der Waals surface area contributed by atoms with Gasteiger partial charge in [0.25, 0.3) is 5.22 Å². The summed E-state index contributed by atoms with van der Waals surface area (Å²) in [7, 11) is 0. The molecule has 0 unspecified atom stereocenters.